The van der Waals surface area contributed by atoms with Gasteiger partial charge < -0.3 is 5.32 Å². The topological polar surface area (TPSA) is 54.9 Å². The SMILES string of the molecule is O=C(CCCSc1ccccc1)Nc1nnc(SCc2ccc(F)cc2)s1. The van der Waals surface area contributed by atoms with Crippen LogP contribution in [0.5, 0.6) is 0 Å². The number of hydrogen-bond donors (Lipinski definition) is 1. The van der Waals surface area contributed by atoms with Gasteiger partial charge in [0.15, 0.2) is 4.34 Å². The number of benzene rings is 2. The van der Waals surface area contributed by atoms with Gasteiger partial charge in [-0.1, -0.05) is 53.4 Å². The summed E-state index contributed by atoms with van der Waals surface area (Å²) in [6.07, 6.45) is 1.26. The number of carbonyl (C=O) groups is 1. The van der Waals surface area contributed by atoms with Crippen molar-refractivity contribution in [3.05, 3.63) is 66.0 Å². The first kappa shape index (κ1) is 19.9. The standard InChI is InChI=1S/C19H18FN3OS3/c20-15-10-8-14(9-11-15)13-26-19-23-22-18(27-19)21-17(24)7-4-12-25-16-5-2-1-3-6-16/h1-3,5-6,8-11H,4,7,12-13H2,(H,21,22,24). The Kier molecular flexibility index (Phi) is 7.67. The van der Waals surface area contributed by atoms with Gasteiger partial charge in [-0.2, -0.15) is 0 Å². The monoisotopic (exact) mass is 419 g/mol. The van der Waals surface area contributed by atoms with Crippen molar-refractivity contribution in [2.45, 2.75) is 27.8 Å². The minimum atomic E-state index is -0.244. The van der Waals surface area contributed by atoms with Crippen molar-refractivity contribution < 1.29 is 9.18 Å². The van der Waals surface area contributed by atoms with Crippen molar-refractivity contribution in [1.29, 1.82) is 0 Å². The molecule has 1 N–H and O–H groups in total. The lowest BCUT2D eigenvalue weighted by molar-refractivity contribution is -0.116. The van der Waals surface area contributed by atoms with E-state index in [1.54, 1.807) is 23.9 Å². The zero-order chi connectivity index (χ0) is 18.9. The molecule has 140 valence electrons. The Balaban J connectivity index is 1.36. The summed E-state index contributed by atoms with van der Waals surface area (Å²) in [5.41, 5.74) is 1.01. The molecule has 0 spiro atoms. The Morgan fingerprint density at radius 1 is 1.04 bits per heavy atom. The minimum absolute atomic E-state index is 0.0464. The Morgan fingerprint density at radius 3 is 2.59 bits per heavy atom. The summed E-state index contributed by atoms with van der Waals surface area (Å²) < 4.78 is 13.7. The van der Waals surface area contributed by atoms with Gasteiger partial charge in [-0.15, -0.1) is 22.0 Å². The molecule has 0 aliphatic heterocycles. The number of amides is 1. The second-order valence-electron chi connectivity index (χ2n) is 5.60. The largest absolute Gasteiger partial charge is 0.301 e. The first-order valence-corrected chi connectivity index (χ1v) is 11.2. The van der Waals surface area contributed by atoms with Crippen LogP contribution < -0.4 is 5.32 Å². The van der Waals surface area contributed by atoms with Crippen LogP contribution >= 0.6 is 34.9 Å². The normalized spacial score (nSPS) is 10.7. The number of nitrogens with zero attached hydrogens (tertiary/aromatic N) is 2. The highest BCUT2D eigenvalue weighted by atomic mass is 32.2. The maximum Gasteiger partial charge on any atom is 0.226 e. The fourth-order valence-corrected chi connectivity index (χ4v) is 4.76. The number of hydrogen-bond acceptors (Lipinski definition) is 6. The highest BCUT2D eigenvalue weighted by Gasteiger charge is 2.09. The summed E-state index contributed by atoms with van der Waals surface area (Å²) in [7, 11) is 0. The lowest BCUT2D eigenvalue weighted by Crippen LogP contribution is -2.11. The molecule has 0 saturated carbocycles. The maximum absolute atomic E-state index is 12.9. The first-order valence-electron chi connectivity index (χ1n) is 8.37. The van der Waals surface area contributed by atoms with Gasteiger partial charge in [0.2, 0.25) is 11.0 Å². The van der Waals surface area contributed by atoms with Crippen molar-refractivity contribution in [1.82, 2.24) is 10.2 Å². The maximum atomic E-state index is 12.9. The molecule has 27 heavy (non-hydrogen) atoms. The predicted octanol–water partition coefficient (Wildman–Crippen LogP) is 5.48. The van der Waals surface area contributed by atoms with Gasteiger partial charge in [-0.05, 0) is 42.0 Å². The number of rotatable bonds is 9. The van der Waals surface area contributed by atoms with Gasteiger partial charge in [0.1, 0.15) is 5.82 Å². The summed E-state index contributed by atoms with van der Waals surface area (Å²) in [5.74, 6) is 1.29. The highest BCUT2D eigenvalue weighted by Crippen LogP contribution is 2.28. The van der Waals surface area contributed by atoms with Gasteiger partial charge in [0.05, 0.1) is 0 Å². The van der Waals surface area contributed by atoms with E-state index in [9.17, 15) is 9.18 Å². The molecule has 1 amide bonds. The number of aromatic nitrogens is 2. The van der Waals surface area contributed by atoms with Gasteiger partial charge >= 0.3 is 0 Å². The van der Waals surface area contributed by atoms with Crippen molar-refractivity contribution in [2.24, 2.45) is 0 Å². The lowest BCUT2D eigenvalue weighted by Gasteiger charge is -2.02. The van der Waals surface area contributed by atoms with Gasteiger partial charge in [-0.3, -0.25) is 4.79 Å². The number of nitrogens with one attached hydrogen (secondary N) is 1. The van der Waals surface area contributed by atoms with Crippen LogP contribution in [0.3, 0.4) is 0 Å². The molecule has 4 nitrogen and oxygen atoms in total. The summed E-state index contributed by atoms with van der Waals surface area (Å²) in [6.45, 7) is 0. The Bertz CT molecular complexity index is 856. The van der Waals surface area contributed by atoms with Crippen LogP contribution in [0.2, 0.25) is 0 Å². The smallest absolute Gasteiger partial charge is 0.226 e. The van der Waals surface area contributed by atoms with E-state index in [2.05, 4.69) is 27.6 Å². The number of halogens is 1. The summed E-state index contributed by atoms with van der Waals surface area (Å²) in [5, 5.41) is 11.4. The second kappa shape index (κ2) is 10.4. The molecule has 0 unspecified atom stereocenters. The molecule has 0 aliphatic rings. The first-order chi connectivity index (χ1) is 13.2. The molecule has 0 atom stereocenters. The van der Waals surface area contributed by atoms with Crippen LogP contribution in [0.15, 0.2) is 63.8 Å². The second-order valence-corrected chi connectivity index (χ2v) is 8.97. The third-order valence-electron chi connectivity index (χ3n) is 3.49. The molecular formula is C19H18FN3OS3. The quantitative estimate of drug-likeness (QED) is 0.283. The van der Waals surface area contributed by atoms with Crippen LogP contribution in [0.1, 0.15) is 18.4 Å². The molecule has 1 aromatic heterocycles. The number of anilines is 1. The average molecular weight is 420 g/mol. The van der Waals surface area contributed by atoms with Crippen LogP contribution in [0.4, 0.5) is 9.52 Å². The van der Waals surface area contributed by atoms with E-state index >= 15 is 0 Å². The molecule has 0 radical (unpaired) electrons. The fraction of sp³-hybridized carbons (Fsp3) is 0.211. The van der Waals surface area contributed by atoms with Gasteiger partial charge in [-0.25, -0.2) is 4.39 Å². The third kappa shape index (κ3) is 6.97. The summed E-state index contributed by atoms with van der Waals surface area (Å²) >= 11 is 4.61. The molecule has 3 aromatic rings. The van der Waals surface area contributed by atoms with E-state index in [0.717, 1.165) is 22.1 Å². The van der Waals surface area contributed by atoms with Crippen molar-refractivity contribution >= 4 is 45.9 Å². The van der Waals surface area contributed by atoms with Gasteiger partial charge in [0, 0.05) is 17.1 Å². The van der Waals surface area contributed by atoms with Crippen molar-refractivity contribution in [3.8, 4) is 0 Å². The van der Waals surface area contributed by atoms with Crippen LogP contribution in [-0.4, -0.2) is 21.9 Å². The predicted molar refractivity (Wildman–Crippen MR) is 111 cm³/mol. The fourth-order valence-electron chi connectivity index (χ4n) is 2.17. The number of carbonyl (C=O) groups excluding carboxylic acids is 1. The van der Waals surface area contributed by atoms with Crippen molar-refractivity contribution in [3.63, 3.8) is 0 Å². The molecule has 0 bridgehead atoms. The average Bonchev–Trinajstić information content (AvgIpc) is 3.13. The summed E-state index contributed by atoms with van der Waals surface area (Å²) in [4.78, 5) is 13.2. The Morgan fingerprint density at radius 2 is 1.81 bits per heavy atom. The zero-order valence-electron chi connectivity index (χ0n) is 14.4. The van der Waals surface area contributed by atoms with E-state index in [1.807, 2.05) is 18.2 Å². The minimum Gasteiger partial charge on any atom is -0.301 e. The van der Waals surface area contributed by atoms with E-state index < -0.39 is 0 Å². The zero-order valence-corrected chi connectivity index (χ0v) is 16.9. The molecule has 3 rings (SSSR count). The number of thioether (sulfide) groups is 2. The van der Waals surface area contributed by atoms with E-state index in [4.69, 9.17) is 0 Å². The molecule has 8 heteroatoms. The van der Waals surface area contributed by atoms with E-state index in [1.165, 1.54) is 40.1 Å². The van der Waals surface area contributed by atoms with E-state index in [-0.39, 0.29) is 11.7 Å². The Hall–Kier alpha value is -1.90. The molecular weight excluding hydrogens is 401 g/mol. The van der Waals surface area contributed by atoms with Crippen LogP contribution in [-0.2, 0) is 10.5 Å². The molecule has 1 heterocycles. The molecule has 2 aromatic carbocycles. The molecule has 0 saturated heterocycles. The third-order valence-corrected chi connectivity index (χ3v) is 6.63. The van der Waals surface area contributed by atoms with E-state index in [0.29, 0.717) is 17.3 Å². The lowest BCUT2D eigenvalue weighted by atomic mass is 10.2. The summed E-state index contributed by atoms with van der Waals surface area (Å²) in [6, 6.07) is 16.5. The highest BCUT2D eigenvalue weighted by molar-refractivity contribution is 8.00. The molecule has 0 fully saturated rings. The Labute approximate surface area is 170 Å². The molecule has 0 aliphatic carbocycles. The van der Waals surface area contributed by atoms with Crippen LogP contribution in [0.25, 0.3) is 0 Å². The van der Waals surface area contributed by atoms with Crippen LogP contribution in [0, 0.1) is 5.82 Å². The van der Waals surface area contributed by atoms with Gasteiger partial charge in [0.25, 0.3) is 0 Å². The van der Waals surface area contributed by atoms with Crippen molar-refractivity contribution in [2.75, 3.05) is 11.1 Å².